The topological polar surface area (TPSA) is 48.9 Å². The fourth-order valence-corrected chi connectivity index (χ4v) is 3.13. The van der Waals surface area contributed by atoms with Gasteiger partial charge in [0.05, 0.1) is 6.10 Å². The smallest absolute Gasteiger partial charge is 0.191 e. The molecule has 1 aliphatic rings. The van der Waals surface area contributed by atoms with Gasteiger partial charge in [-0.1, -0.05) is 19.1 Å². The van der Waals surface area contributed by atoms with Crippen molar-refractivity contribution in [2.24, 2.45) is 10.9 Å². The van der Waals surface area contributed by atoms with E-state index in [0.717, 1.165) is 31.3 Å². The van der Waals surface area contributed by atoms with Crippen molar-refractivity contribution < 1.29 is 4.74 Å². The Morgan fingerprint density at radius 2 is 1.88 bits per heavy atom. The predicted octanol–water partition coefficient (Wildman–Crippen LogP) is 2.87. The lowest BCUT2D eigenvalue weighted by Gasteiger charge is -2.22. The van der Waals surface area contributed by atoms with Crippen molar-refractivity contribution in [1.82, 2.24) is 15.5 Å². The van der Waals surface area contributed by atoms with E-state index >= 15 is 0 Å². The third-order valence-electron chi connectivity index (χ3n) is 4.67. The Balaban J connectivity index is 1.84. The summed E-state index contributed by atoms with van der Waals surface area (Å²) in [5.41, 5.74) is 1.21. The molecule has 1 heterocycles. The number of nitrogens with zero attached hydrogens (tertiary/aromatic N) is 2. The van der Waals surface area contributed by atoms with Crippen LogP contribution in [0, 0.1) is 5.92 Å². The predicted molar refractivity (Wildman–Crippen MR) is 105 cm³/mol. The van der Waals surface area contributed by atoms with Crippen LogP contribution in [0.2, 0.25) is 0 Å². The molecule has 140 valence electrons. The molecule has 1 saturated heterocycles. The molecule has 2 rings (SSSR count). The van der Waals surface area contributed by atoms with E-state index in [1.54, 1.807) is 0 Å². The molecule has 5 heteroatoms. The lowest BCUT2D eigenvalue weighted by molar-refractivity contribution is 0.242. The lowest BCUT2D eigenvalue weighted by atomic mass is 10.1. The van der Waals surface area contributed by atoms with Gasteiger partial charge in [-0.05, 0) is 51.3 Å². The maximum absolute atomic E-state index is 5.68. The van der Waals surface area contributed by atoms with Crippen LogP contribution in [0.3, 0.4) is 0 Å². The quantitative estimate of drug-likeness (QED) is 0.614. The van der Waals surface area contributed by atoms with Crippen LogP contribution < -0.4 is 15.4 Å². The van der Waals surface area contributed by atoms with E-state index in [-0.39, 0.29) is 6.10 Å². The summed E-state index contributed by atoms with van der Waals surface area (Å²) in [7, 11) is 1.83. The number of guanidine groups is 1. The number of nitrogens with one attached hydrogen (secondary N) is 2. The minimum absolute atomic E-state index is 0.200. The van der Waals surface area contributed by atoms with Crippen LogP contribution in [0.15, 0.2) is 29.3 Å². The average Bonchev–Trinajstić information content (AvgIpc) is 2.93. The number of aliphatic imine (C=N–C) groups is 1. The molecule has 0 radical (unpaired) electrons. The molecule has 1 fully saturated rings. The molecule has 0 spiro atoms. The summed E-state index contributed by atoms with van der Waals surface area (Å²) in [6, 6.07) is 9.26. The molecule has 0 aromatic heterocycles. The van der Waals surface area contributed by atoms with Crippen LogP contribution in [0.1, 0.15) is 40.2 Å². The number of hydrogen-bond donors (Lipinski definition) is 2. The minimum Gasteiger partial charge on any atom is -0.491 e. The molecular formula is C20H34N4O. The highest BCUT2D eigenvalue weighted by molar-refractivity contribution is 5.80. The zero-order chi connectivity index (χ0) is 18.4. The molecule has 2 N–H and O–H groups in total. The zero-order valence-corrected chi connectivity index (χ0v) is 16.5. The number of likely N-dealkylation sites (tertiary alicyclic amines) is 1. The van der Waals surface area contributed by atoms with Crippen LogP contribution in [0.5, 0.6) is 5.75 Å². The summed E-state index contributed by atoms with van der Waals surface area (Å²) >= 11 is 0. The molecule has 5 nitrogen and oxygen atoms in total. The largest absolute Gasteiger partial charge is 0.491 e. The highest BCUT2D eigenvalue weighted by Crippen LogP contribution is 2.18. The van der Waals surface area contributed by atoms with Crippen LogP contribution in [-0.4, -0.2) is 49.2 Å². The van der Waals surface area contributed by atoms with Gasteiger partial charge in [-0.2, -0.15) is 0 Å². The van der Waals surface area contributed by atoms with Gasteiger partial charge >= 0.3 is 0 Å². The van der Waals surface area contributed by atoms with Crippen molar-refractivity contribution in [2.45, 2.75) is 59.4 Å². The molecule has 25 heavy (non-hydrogen) atoms. The van der Waals surface area contributed by atoms with Crippen molar-refractivity contribution in [3.63, 3.8) is 0 Å². The minimum atomic E-state index is 0.200. The lowest BCUT2D eigenvalue weighted by Crippen LogP contribution is -2.46. The molecular weight excluding hydrogens is 312 g/mol. The van der Waals surface area contributed by atoms with Crippen molar-refractivity contribution in [3.05, 3.63) is 29.8 Å². The van der Waals surface area contributed by atoms with Gasteiger partial charge < -0.3 is 15.4 Å². The first-order valence-electron chi connectivity index (χ1n) is 9.36. The Bertz CT molecular complexity index is 553. The van der Waals surface area contributed by atoms with Crippen molar-refractivity contribution in [2.75, 3.05) is 20.1 Å². The normalized spacial score (nSPS) is 21.8. The summed E-state index contributed by atoms with van der Waals surface area (Å²) in [5, 5.41) is 7.00. The molecule has 0 saturated carbocycles. The molecule has 2 atom stereocenters. The van der Waals surface area contributed by atoms with Gasteiger partial charge in [0.1, 0.15) is 5.75 Å². The van der Waals surface area contributed by atoms with Crippen molar-refractivity contribution >= 4 is 5.96 Å². The van der Waals surface area contributed by atoms with E-state index in [2.05, 4.69) is 53.4 Å². The first-order valence-corrected chi connectivity index (χ1v) is 9.36. The number of benzene rings is 1. The SMILES string of the molecule is CN=C(NCc1ccc(OC(C)C)cc1)NC1CN(C(C)C)CC1C. The van der Waals surface area contributed by atoms with Gasteiger partial charge in [0, 0.05) is 38.8 Å². The molecule has 1 aliphatic heterocycles. The first kappa shape index (κ1) is 19.6. The Hall–Kier alpha value is -1.75. The summed E-state index contributed by atoms with van der Waals surface area (Å²) in [6.45, 7) is 13.9. The van der Waals surface area contributed by atoms with E-state index in [1.807, 2.05) is 33.0 Å². The van der Waals surface area contributed by atoms with Gasteiger partial charge in [0.2, 0.25) is 0 Å². The monoisotopic (exact) mass is 346 g/mol. The molecule has 1 aromatic rings. The second-order valence-corrected chi connectivity index (χ2v) is 7.51. The molecule has 0 aliphatic carbocycles. The maximum atomic E-state index is 5.68. The van der Waals surface area contributed by atoms with E-state index < -0.39 is 0 Å². The number of rotatable bonds is 6. The maximum Gasteiger partial charge on any atom is 0.191 e. The Kier molecular flexibility index (Phi) is 7.12. The Morgan fingerprint density at radius 3 is 2.40 bits per heavy atom. The van der Waals surface area contributed by atoms with Crippen LogP contribution in [0.25, 0.3) is 0 Å². The third kappa shape index (κ3) is 5.92. The Morgan fingerprint density at radius 1 is 1.20 bits per heavy atom. The summed E-state index contributed by atoms with van der Waals surface area (Å²) in [4.78, 5) is 6.90. The highest BCUT2D eigenvalue weighted by Gasteiger charge is 2.31. The summed E-state index contributed by atoms with van der Waals surface area (Å²) < 4.78 is 5.68. The van der Waals surface area contributed by atoms with Crippen molar-refractivity contribution in [3.8, 4) is 5.75 Å². The van der Waals surface area contributed by atoms with Crippen LogP contribution in [-0.2, 0) is 6.54 Å². The van der Waals surface area contributed by atoms with E-state index in [9.17, 15) is 0 Å². The second-order valence-electron chi connectivity index (χ2n) is 7.51. The molecule has 1 aromatic carbocycles. The average molecular weight is 347 g/mol. The van der Waals surface area contributed by atoms with Gasteiger partial charge in [-0.25, -0.2) is 0 Å². The first-order chi connectivity index (χ1) is 11.9. The molecule has 0 bridgehead atoms. The zero-order valence-electron chi connectivity index (χ0n) is 16.5. The highest BCUT2D eigenvalue weighted by atomic mass is 16.5. The van der Waals surface area contributed by atoms with Crippen molar-refractivity contribution in [1.29, 1.82) is 0 Å². The van der Waals surface area contributed by atoms with Crippen LogP contribution in [0.4, 0.5) is 0 Å². The second kappa shape index (κ2) is 9.09. The van der Waals surface area contributed by atoms with E-state index in [4.69, 9.17) is 4.74 Å². The summed E-state index contributed by atoms with van der Waals surface area (Å²) in [6.07, 6.45) is 0.200. The summed E-state index contributed by atoms with van der Waals surface area (Å²) in [5.74, 6) is 2.40. The molecule has 2 unspecified atom stereocenters. The Labute approximate surface area is 152 Å². The van der Waals surface area contributed by atoms with Gasteiger partial charge in [0.15, 0.2) is 5.96 Å². The number of ether oxygens (including phenoxy) is 1. The van der Waals surface area contributed by atoms with Gasteiger partial charge in [-0.3, -0.25) is 9.89 Å². The van der Waals surface area contributed by atoms with Gasteiger partial charge in [0.25, 0.3) is 0 Å². The number of hydrogen-bond acceptors (Lipinski definition) is 3. The van der Waals surface area contributed by atoms with Gasteiger partial charge in [-0.15, -0.1) is 0 Å². The van der Waals surface area contributed by atoms with E-state index in [0.29, 0.717) is 18.0 Å². The van der Waals surface area contributed by atoms with Crippen LogP contribution >= 0.6 is 0 Å². The molecule has 0 amide bonds. The standard InChI is InChI=1S/C20H34N4O/c1-14(2)24-12-16(5)19(13-24)23-20(21-6)22-11-17-7-9-18(10-8-17)25-15(3)4/h7-10,14-16,19H,11-13H2,1-6H3,(H2,21,22,23). The third-order valence-corrected chi connectivity index (χ3v) is 4.67. The van der Waals surface area contributed by atoms with E-state index in [1.165, 1.54) is 5.56 Å². The fraction of sp³-hybridized carbons (Fsp3) is 0.650. The fourth-order valence-electron chi connectivity index (χ4n) is 3.13.